The highest BCUT2D eigenvalue weighted by Gasteiger charge is 2.23. The quantitative estimate of drug-likeness (QED) is 0.473. The Hall–Kier alpha value is -3.10. The molecule has 0 saturated heterocycles. The van der Waals surface area contributed by atoms with Crippen LogP contribution in [-0.4, -0.2) is 49.6 Å². The predicted molar refractivity (Wildman–Crippen MR) is 106 cm³/mol. The van der Waals surface area contributed by atoms with Gasteiger partial charge in [-0.1, -0.05) is 44.2 Å². The van der Waals surface area contributed by atoms with Crippen molar-refractivity contribution in [1.82, 2.24) is 16.0 Å². The maximum Gasteiger partial charge on any atom is 0.408 e. The zero-order valence-corrected chi connectivity index (χ0v) is 17.0. The van der Waals surface area contributed by atoms with Gasteiger partial charge < -0.3 is 25.4 Å². The van der Waals surface area contributed by atoms with E-state index in [-0.39, 0.29) is 32.2 Å². The molecule has 3 N–H and O–H groups in total. The molecular formula is C20H29N3O6. The third-order valence-corrected chi connectivity index (χ3v) is 3.69. The molecule has 1 atom stereocenters. The zero-order chi connectivity index (χ0) is 21.6. The lowest BCUT2D eigenvalue weighted by molar-refractivity contribution is -0.143. The SMILES string of the molecule is CCOC(=O)CNC(=O)CNC(=O)C(CC(C)C)NC(=O)OCc1ccccc1. The van der Waals surface area contributed by atoms with Crippen molar-refractivity contribution in [3.05, 3.63) is 35.9 Å². The number of rotatable bonds is 11. The van der Waals surface area contributed by atoms with Gasteiger partial charge in [-0.3, -0.25) is 14.4 Å². The third kappa shape index (κ3) is 10.7. The van der Waals surface area contributed by atoms with Crippen LogP contribution in [0.25, 0.3) is 0 Å². The Labute approximate surface area is 170 Å². The van der Waals surface area contributed by atoms with Gasteiger partial charge >= 0.3 is 12.1 Å². The molecule has 0 aliphatic heterocycles. The van der Waals surface area contributed by atoms with Crippen LogP contribution in [0.2, 0.25) is 0 Å². The van der Waals surface area contributed by atoms with Crippen LogP contribution in [0.4, 0.5) is 4.79 Å². The van der Waals surface area contributed by atoms with Gasteiger partial charge in [0, 0.05) is 0 Å². The second-order valence-electron chi connectivity index (χ2n) is 6.69. The summed E-state index contributed by atoms with van der Waals surface area (Å²) in [5.74, 6) is -1.49. The van der Waals surface area contributed by atoms with Gasteiger partial charge in [-0.2, -0.15) is 0 Å². The molecule has 0 aromatic heterocycles. The first-order valence-corrected chi connectivity index (χ1v) is 9.49. The maximum absolute atomic E-state index is 12.4. The Morgan fingerprint density at radius 3 is 2.28 bits per heavy atom. The molecule has 0 saturated carbocycles. The zero-order valence-electron chi connectivity index (χ0n) is 17.0. The topological polar surface area (TPSA) is 123 Å². The average molecular weight is 407 g/mol. The number of hydrogen-bond acceptors (Lipinski definition) is 6. The average Bonchev–Trinajstić information content (AvgIpc) is 2.69. The van der Waals surface area contributed by atoms with Crippen LogP contribution in [0.3, 0.4) is 0 Å². The second-order valence-corrected chi connectivity index (χ2v) is 6.69. The Morgan fingerprint density at radius 1 is 0.966 bits per heavy atom. The summed E-state index contributed by atoms with van der Waals surface area (Å²) in [5.41, 5.74) is 0.825. The minimum atomic E-state index is -0.851. The normalized spacial score (nSPS) is 11.3. The van der Waals surface area contributed by atoms with Crippen molar-refractivity contribution in [3.63, 3.8) is 0 Å². The first-order chi connectivity index (χ1) is 13.8. The molecule has 0 aliphatic carbocycles. The number of ether oxygens (including phenoxy) is 2. The highest BCUT2D eigenvalue weighted by Crippen LogP contribution is 2.06. The number of alkyl carbamates (subject to hydrolysis) is 1. The Kier molecular flexibility index (Phi) is 10.8. The van der Waals surface area contributed by atoms with Crippen molar-refractivity contribution in [2.24, 2.45) is 5.92 Å². The molecule has 160 valence electrons. The van der Waals surface area contributed by atoms with Crippen molar-refractivity contribution in [3.8, 4) is 0 Å². The summed E-state index contributed by atoms with van der Waals surface area (Å²) in [7, 11) is 0. The van der Waals surface area contributed by atoms with Crippen LogP contribution in [0.15, 0.2) is 30.3 Å². The summed E-state index contributed by atoms with van der Waals surface area (Å²) in [6, 6.07) is 8.31. The maximum atomic E-state index is 12.4. The smallest absolute Gasteiger partial charge is 0.408 e. The number of nitrogens with one attached hydrogen (secondary N) is 3. The molecule has 29 heavy (non-hydrogen) atoms. The van der Waals surface area contributed by atoms with Gasteiger partial charge in [0.05, 0.1) is 13.2 Å². The van der Waals surface area contributed by atoms with Gasteiger partial charge in [0.1, 0.15) is 19.2 Å². The van der Waals surface area contributed by atoms with Crippen LogP contribution in [0.1, 0.15) is 32.8 Å². The van der Waals surface area contributed by atoms with Gasteiger partial charge in [-0.25, -0.2) is 4.79 Å². The van der Waals surface area contributed by atoms with Crippen molar-refractivity contribution in [2.45, 2.75) is 39.8 Å². The molecule has 1 unspecified atom stereocenters. The molecule has 1 rings (SSSR count). The van der Waals surface area contributed by atoms with Crippen LogP contribution in [0, 0.1) is 5.92 Å². The molecule has 0 heterocycles. The largest absolute Gasteiger partial charge is 0.465 e. The molecule has 0 bridgehead atoms. The summed E-state index contributed by atoms with van der Waals surface area (Å²) < 4.78 is 9.84. The van der Waals surface area contributed by atoms with Gasteiger partial charge in [0.15, 0.2) is 0 Å². The lowest BCUT2D eigenvalue weighted by Gasteiger charge is -2.20. The number of benzene rings is 1. The van der Waals surface area contributed by atoms with E-state index in [0.29, 0.717) is 6.42 Å². The van der Waals surface area contributed by atoms with E-state index in [1.807, 2.05) is 44.2 Å². The van der Waals surface area contributed by atoms with Gasteiger partial charge in [0.25, 0.3) is 0 Å². The first kappa shape index (κ1) is 23.9. The Balaban J connectivity index is 2.47. The van der Waals surface area contributed by atoms with Crippen LogP contribution in [-0.2, 0) is 30.5 Å². The standard InChI is InChI=1S/C20H29N3O6/c1-4-28-18(25)12-21-17(24)11-22-19(26)16(10-14(2)3)23-20(27)29-13-15-8-6-5-7-9-15/h5-9,14,16H,4,10-13H2,1-3H3,(H,21,24)(H,22,26)(H,23,27). The number of hydrogen-bond donors (Lipinski definition) is 3. The summed E-state index contributed by atoms with van der Waals surface area (Å²) in [6.45, 7) is 5.17. The summed E-state index contributed by atoms with van der Waals surface area (Å²) >= 11 is 0. The fourth-order valence-corrected chi connectivity index (χ4v) is 2.35. The van der Waals surface area contributed by atoms with E-state index in [1.54, 1.807) is 6.92 Å². The summed E-state index contributed by atoms with van der Waals surface area (Å²) in [6.07, 6.45) is -0.349. The van der Waals surface area contributed by atoms with Crippen molar-refractivity contribution in [2.75, 3.05) is 19.7 Å². The molecule has 9 nitrogen and oxygen atoms in total. The summed E-state index contributed by atoms with van der Waals surface area (Å²) in [5, 5.41) is 7.32. The van der Waals surface area contributed by atoms with Crippen molar-refractivity contribution in [1.29, 1.82) is 0 Å². The second kappa shape index (κ2) is 13.1. The van der Waals surface area contributed by atoms with Gasteiger partial charge in [-0.05, 0) is 24.8 Å². The van der Waals surface area contributed by atoms with E-state index in [1.165, 1.54) is 0 Å². The fourth-order valence-electron chi connectivity index (χ4n) is 2.35. The van der Waals surface area contributed by atoms with E-state index >= 15 is 0 Å². The van der Waals surface area contributed by atoms with Crippen molar-refractivity contribution < 1.29 is 28.7 Å². The first-order valence-electron chi connectivity index (χ1n) is 9.49. The number of carbonyl (C=O) groups excluding carboxylic acids is 4. The highest BCUT2D eigenvalue weighted by atomic mass is 16.5. The fraction of sp³-hybridized carbons (Fsp3) is 0.500. The minimum absolute atomic E-state index is 0.0823. The van der Waals surface area contributed by atoms with Crippen LogP contribution < -0.4 is 16.0 Å². The lowest BCUT2D eigenvalue weighted by Crippen LogP contribution is -2.50. The van der Waals surface area contributed by atoms with E-state index < -0.39 is 29.9 Å². The number of esters is 1. The lowest BCUT2D eigenvalue weighted by atomic mass is 10.0. The molecule has 0 spiro atoms. The molecule has 3 amide bonds. The number of amides is 3. The molecule has 0 fully saturated rings. The summed E-state index contributed by atoms with van der Waals surface area (Å²) in [4.78, 5) is 47.4. The third-order valence-electron chi connectivity index (χ3n) is 3.69. The number of carbonyl (C=O) groups is 4. The molecule has 1 aromatic carbocycles. The molecule has 9 heteroatoms. The Bertz CT molecular complexity index is 678. The molecular weight excluding hydrogens is 378 g/mol. The van der Waals surface area contributed by atoms with Gasteiger partial charge in [-0.15, -0.1) is 0 Å². The van der Waals surface area contributed by atoms with Crippen molar-refractivity contribution >= 4 is 23.9 Å². The Morgan fingerprint density at radius 2 is 1.66 bits per heavy atom. The van der Waals surface area contributed by atoms with E-state index in [4.69, 9.17) is 9.47 Å². The molecule has 0 radical (unpaired) electrons. The molecule has 0 aliphatic rings. The van der Waals surface area contributed by atoms with Crippen LogP contribution in [0.5, 0.6) is 0 Å². The highest BCUT2D eigenvalue weighted by molar-refractivity contribution is 5.90. The van der Waals surface area contributed by atoms with Crippen LogP contribution >= 0.6 is 0 Å². The van der Waals surface area contributed by atoms with E-state index in [0.717, 1.165) is 5.56 Å². The monoisotopic (exact) mass is 407 g/mol. The predicted octanol–water partition coefficient (Wildman–Crippen LogP) is 1.12. The van der Waals surface area contributed by atoms with E-state index in [2.05, 4.69) is 16.0 Å². The van der Waals surface area contributed by atoms with Gasteiger partial charge in [0.2, 0.25) is 11.8 Å². The van der Waals surface area contributed by atoms with E-state index in [9.17, 15) is 19.2 Å². The molecule has 1 aromatic rings. The minimum Gasteiger partial charge on any atom is -0.465 e.